The SMILES string of the molecule is NC(COC1CCC1)c1noc(-c2cccc(I)c2)n1. The van der Waals surface area contributed by atoms with Gasteiger partial charge in [0, 0.05) is 9.13 Å². The normalized spacial score (nSPS) is 16.9. The van der Waals surface area contributed by atoms with Gasteiger partial charge < -0.3 is 15.0 Å². The monoisotopic (exact) mass is 385 g/mol. The van der Waals surface area contributed by atoms with E-state index in [1.165, 1.54) is 6.42 Å². The summed E-state index contributed by atoms with van der Waals surface area (Å²) in [6, 6.07) is 7.57. The molecular weight excluding hydrogens is 369 g/mol. The lowest BCUT2D eigenvalue weighted by molar-refractivity contribution is -0.00549. The molecule has 0 spiro atoms. The van der Waals surface area contributed by atoms with Crippen LogP contribution in [-0.4, -0.2) is 22.9 Å². The van der Waals surface area contributed by atoms with E-state index in [1.807, 2.05) is 24.3 Å². The minimum atomic E-state index is -0.337. The van der Waals surface area contributed by atoms with E-state index >= 15 is 0 Å². The van der Waals surface area contributed by atoms with Crippen LogP contribution in [0, 0.1) is 3.57 Å². The molecule has 5 nitrogen and oxygen atoms in total. The Labute approximate surface area is 131 Å². The Morgan fingerprint density at radius 3 is 3.00 bits per heavy atom. The maximum Gasteiger partial charge on any atom is 0.258 e. The van der Waals surface area contributed by atoms with E-state index < -0.39 is 0 Å². The van der Waals surface area contributed by atoms with Crippen molar-refractivity contribution in [1.82, 2.24) is 10.1 Å². The molecular formula is C14H16IN3O2. The van der Waals surface area contributed by atoms with Crippen LogP contribution in [0.4, 0.5) is 0 Å². The average Bonchev–Trinajstić information content (AvgIpc) is 2.86. The van der Waals surface area contributed by atoms with Crippen molar-refractivity contribution in [1.29, 1.82) is 0 Å². The summed E-state index contributed by atoms with van der Waals surface area (Å²) in [6.07, 6.45) is 3.88. The van der Waals surface area contributed by atoms with Crippen LogP contribution in [0.3, 0.4) is 0 Å². The van der Waals surface area contributed by atoms with Gasteiger partial charge >= 0.3 is 0 Å². The highest BCUT2D eigenvalue weighted by atomic mass is 127. The number of aromatic nitrogens is 2. The van der Waals surface area contributed by atoms with E-state index in [0.717, 1.165) is 22.0 Å². The lowest BCUT2D eigenvalue weighted by Gasteiger charge is -2.26. The zero-order valence-electron chi connectivity index (χ0n) is 11.0. The van der Waals surface area contributed by atoms with Crippen LogP contribution in [0.5, 0.6) is 0 Å². The van der Waals surface area contributed by atoms with Gasteiger partial charge in [0.05, 0.1) is 18.8 Å². The van der Waals surface area contributed by atoms with Crippen LogP contribution >= 0.6 is 22.6 Å². The highest BCUT2D eigenvalue weighted by Gasteiger charge is 2.21. The van der Waals surface area contributed by atoms with Crippen molar-refractivity contribution < 1.29 is 9.26 Å². The minimum absolute atomic E-state index is 0.337. The molecule has 6 heteroatoms. The largest absolute Gasteiger partial charge is 0.376 e. The molecule has 1 atom stereocenters. The fraction of sp³-hybridized carbons (Fsp3) is 0.429. The third-order valence-electron chi connectivity index (χ3n) is 3.41. The average molecular weight is 385 g/mol. The Morgan fingerprint density at radius 2 is 2.30 bits per heavy atom. The summed E-state index contributed by atoms with van der Waals surface area (Å²) >= 11 is 2.25. The van der Waals surface area contributed by atoms with E-state index in [2.05, 4.69) is 32.7 Å². The van der Waals surface area contributed by atoms with Crippen LogP contribution in [0.1, 0.15) is 31.1 Å². The maximum absolute atomic E-state index is 6.03. The smallest absolute Gasteiger partial charge is 0.258 e. The molecule has 0 amide bonds. The number of nitrogens with zero attached hydrogens (tertiary/aromatic N) is 2. The first-order valence-electron chi connectivity index (χ1n) is 6.69. The number of benzene rings is 1. The maximum atomic E-state index is 6.03. The van der Waals surface area contributed by atoms with Crippen molar-refractivity contribution in [2.45, 2.75) is 31.4 Å². The molecule has 0 radical (unpaired) electrons. The van der Waals surface area contributed by atoms with Crippen molar-refractivity contribution in [3.8, 4) is 11.5 Å². The van der Waals surface area contributed by atoms with Gasteiger partial charge in [-0.15, -0.1) is 0 Å². The Kier molecular flexibility index (Phi) is 4.32. The highest BCUT2D eigenvalue weighted by Crippen LogP contribution is 2.24. The topological polar surface area (TPSA) is 74.2 Å². The van der Waals surface area contributed by atoms with E-state index in [0.29, 0.717) is 24.4 Å². The molecule has 2 aromatic rings. The van der Waals surface area contributed by atoms with Gasteiger partial charge in [0.15, 0.2) is 5.82 Å². The number of nitrogens with two attached hydrogens (primary N) is 1. The second-order valence-corrected chi connectivity index (χ2v) is 6.21. The standard InChI is InChI=1S/C14H16IN3O2/c15-10-4-1-3-9(7-10)14-17-13(18-20-14)12(16)8-19-11-5-2-6-11/h1,3-4,7,11-12H,2,5-6,8,16H2. The second-order valence-electron chi connectivity index (χ2n) is 4.96. The summed E-state index contributed by atoms with van der Waals surface area (Å²) in [5.41, 5.74) is 6.94. The van der Waals surface area contributed by atoms with E-state index in [1.54, 1.807) is 0 Å². The summed E-state index contributed by atoms with van der Waals surface area (Å²) in [6.45, 7) is 0.440. The third kappa shape index (κ3) is 3.18. The molecule has 1 aromatic carbocycles. The predicted octanol–water partition coefficient (Wildman–Crippen LogP) is 2.91. The molecule has 20 heavy (non-hydrogen) atoms. The Balaban J connectivity index is 1.66. The molecule has 1 fully saturated rings. The molecule has 3 rings (SSSR count). The van der Waals surface area contributed by atoms with Gasteiger partial charge in [0.1, 0.15) is 0 Å². The fourth-order valence-corrected chi connectivity index (χ4v) is 2.52. The quantitative estimate of drug-likeness (QED) is 0.802. The number of hydrogen-bond donors (Lipinski definition) is 1. The molecule has 1 saturated carbocycles. The third-order valence-corrected chi connectivity index (χ3v) is 4.08. The first kappa shape index (κ1) is 14.0. The van der Waals surface area contributed by atoms with Crippen molar-refractivity contribution in [3.05, 3.63) is 33.7 Å². The summed E-state index contributed by atoms with van der Waals surface area (Å²) in [5, 5.41) is 3.95. The summed E-state index contributed by atoms with van der Waals surface area (Å²) in [7, 11) is 0. The first-order chi connectivity index (χ1) is 9.72. The van der Waals surface area contributed by atoms with Gasteiger partial charge in [-0.2, -0.15) is 4.98 Å². The number of rotatable bonds is 5. The molecule has 1 unspecified atom stereocenters. The molecule has 1 aliphatic carbocycles. The molecule has 0 saturated heterocycles. The van der Waals surface area contributed by atoms with Crippen molar-refractivity contribution in [2.75, 3.05) is 6.61 Å². The van der Waals surface area contributed by atoms with Crippen LogP contribution in [-0.2, 0) is 4.74 Å². The van der Waals surface area contributed by atoms with Crippen molar-refractivity contribution in [3.63, 3.8) is 0 Å². The van der Waals surface area contributed by atoms with Gasteiger partial charge in [-0.3, -0.25) is 0 Å². The number of ether oxygens (including phenoxy) is 1. The first-order valence-corrected chi connectivity index (χ1v) is 7.77. The zero-order chi connectivity index (χ0) is 13.9. The van der Waals surface area contributed by atoms with Crippen molar-refractivity contribution in [2.24, 2.45) is 5.73 Å². The van der Waals surface area contributed by atoms with E-state index in [4.69, 9.17) is 15.0 Å². The van der Waals surface area contributed by atoms with Crippen LogP contribution in [0.15, 0.2) is 28.8 Å². The summed E-state index contributed by atoms with van der Waals surface area (Å²) < 4.78 is 12.1. The van der Waals surface area contributed by atoms with Crippen LogP contribution in [0.2, 0.25) is 0 Å². The number of hydrogen-bond acceptors (Lipinski definition) is 5. The lowest BCUT2D eigenvalue weighted by atomic mass is 9.96. The molecule has 2 N–H and O–H groups in total. The molecule has 0 bridgehead atoms. The molecule has 1 aliphatic rings. The number of halogens is 1. The van der Waals surface area contributed by atoms with E-state index in [9.17, 15) is 0 Å². The van der Waals surface area contributed by atoms with Crippen LogP contribution < -0.4 is 5.73 Å². The lowest BCUT2D eigenvalue weighted by Crippen LogP contribution is -2.27. The highest BCUT2D eigenvalue weighted by molar-refractivity contribution is 14.1. The van der Waals surface area contributed by atoms with Gasteiger partial charge in [0.2, 0.25) is 0 Å². The fourth-order valence-electron chi connectivity index (χ4n) is 1.98. The van der Waals surface area contributed by atoms with Crippen LogP contribution in [0.25, 0.3) is 11.5 Å². The van der Waals surface area contributed by atoms with E-state index in [-0.39, 0.29) is 6.04 Å². The molecule has 0 aliphatic heterocycles. The Hall–Kier alpha value is -0.990. The summed E-state index contributed by atoms with van der Waals surface area (Å²) in [5.74, 6) is 0.996. The Bertz CT molecular complexity index is 583. The minimum Gasteiger partial charge on any atom is -0.376 e. The predicted molar refractivity (Wildman–Crippen MR) is 83.0 cm³/mol. The summed E-state index contributed by atoms with van der Waals surface area (Å²) in [4.78, 5) is 4.36. The molecule has 1 heterocycles. The zero-order valence-corrected chi connectivity index (χ0v) is 13.1. The Morgan fingerprint density at radius 1 is 1.45 bits per heavy atom. The van der Waals surface area contributed by atoms with Gasteiger partial charge in [-0.25, -0.2) is 0 Å². The van der Waals surface area contributed by atoms with Crippen molar-refractivity contribution >= 4 is 22.6 Å². The van der Waals surface area contributed by atoms with Gasteiger partial charge in [-0.05, 0) is 60.1 Å². The van der Waals surface area contributed by atoms with Gasteiger partial charge in [-0.1, -0.05) is 11.2 Å². The molecule has 106 valence electrons. The van der Waals surface area contributed by atoms with Gasteiger partial charge in [0.25, 0.3) is 5.89 Å². The second kappa shape index (κ2) is 6.19. The molecule has 1 aromatic heterocycles.